The first-order chi connectivity index (χ1) is 18.4. The Hall–Kier alpha value is -4.14. The summed E-state index contributed by atoms with van der Waals surface area (Å²) in [6.07, 6.45) is 0.00623. The van der Waals surface area contributed by atoms with Gasteiger partial charge in [-0.1, -0.05) is 49.4 Å². The topological polar surface area (TPSA) is 199 Å². The van der Waals surface area contributed by atoms with Gasteiger partial charge in [0.1, 0.15) is 6.04 Å². The van der Waals surface area contributed by atoms with Crippen LogP contribution in [0.15, 0.2) is 54.6 Å². The summed E-state index contributed by atoms with van der Waals surface area (Å²) in [6, 6.07) is 13.5. The summed E-state index contributed by atoms with van der Waals surface area (Å²) in [7, 11) is -4.33. The van der Waals surface area contributed by atoms with Crippen molar-refractivity contribution in [3.8, 4) is 0 Å². The maximum Gasteiger partial charge on any atom is 0.266 e. The highest BCUT2D eigenvalue weighted by molar-refractivity contribution is 7.85. The smallest absolute Gasteiger partial charge is 0.266 e. The van der Waals surface area contributed by atoms with Crippen LogP contribution in [0.25, 0.3) is 0 Å². The van der Waals surface area contributed by atoms with E-state index < -0.39 is 76.4 Å². The van der Waals surface area contributed by atoms with E-state index in [0.717, 1.165) is 4.90 Å². The SMILES string of the molecule is CC(C(=O)N[C@@H](Cc1ccccc1)C(=O)NCCS(=O)(=O)O)C(CN1C(=O)c2ccccc2C1=O)C(=O)NO. The molecule has 39 heavy (non-hydrogen) atoms. The molecular formula is C25H28N4O9S. The van der Waals surface area contributed by atoms with Gasteiger partial charge in [-0.2, -0.15) is 8.42 Å². The number of rotatable bonds is 12. The van der Waals surface area contributed by atoms with Crippen LogP contribution in [0.3, 0.4) is 0 Å². The zero-order chi connectivity index (χ0) is 28.7. The van der Waals surface area contributed by atoms with Gasteiger partial charge >= 0.3 is 0 Å². The highest BCUT2D eigenvalue weighted by atomic mass is 32.2. The number of hydroxylamine groups is 1. The molecule has 0 aliphatic carbocycles. The van der Waals surface area contributed by atoms with Gasteiger partial charge in [-0.3, -0.25) is 38.6 Å². The lowest BCUT2D eigenvalue weighted by atomic mass is 9.91. The Morgan fingerprint density at radius 1 is 0.897 bits per heavy atom. The van der Waals surface area contributed by atoms with Gasteiger partial charge in [0.05, 0.1) is 22.8 Å². The first kappa shape index (κ1) is 29.4. The van der Waals surface area contributed by atoms with Crippen LogP contribution in [-0.2, 0) is 30.9 Å². The molecule has 5 amide bonds. The van der Waals surface area contributed by atoms with E-state index in [0.29, 0.717) is 5.56 Å². The van der Waals surface area contributed by atoms with Crippen molar-refractivity contribution in [3.05, 3.63) is 71.3 Å². The van der Waals surface area contributed by atoms with E-state index in [1.165, 1.54) is 24.5 Å². The molecule has 14 heteroatoms. The quantitative estimate of drug-likeness (QED) is 0.101. The molecule has 1 aliphatic heterocycles. The number of fused-ring (bicyclic) bond motifs is 1. The lowest BCUT2D eigenvalue weighted by molar-refractivity contribution is -0.140. The number of hydrogen-bond acceptors (Lipinski definition) is 8. The number of imide groups is 1. The molecule has 0 saturated carbocycles. The second-order valence-corrected chi connectivity index (χ2v) is 10.5. The molecule has 0 saturated heterocycles. The summed E-state index contributed by atoms with van der Waals surface area (Å²) in [5.74, 6) is -7.22. The molecule has 0 spiro atoms. The maximum absolute atomic E-state index is 13.2. The third-order valence-electron chi connectivity index (χ3n) is 6.30. The summed E-state index contributed by atoms with van der Waals surface area (Å²) >= 11 is 0. The highest BCUT2D eigenvalue weighted by Crippen LogP contribution is 2.25. The highest BCUT2D eigenvalue weighted by Gasteiger charge is 2.41. The molecule has 2 aromatic rings. The summed E-state index contributed by atoms with van der Waals surface area (Å²) in [5.41, 5.74) is 2.41. The Morgan fingerprint density at radius 2 is 1.46 bits per heavy atom. The molecule has 1 aliphatic rings. The first-order valence-electron chi connectivity index (χ1n) is 11.9. The van der Waals surface area contributed by atoms with Gasteiger partial charge < -0.3 is 10.6 Å². The molecule has 3 atom stereocenters. The fourth-order valence-electron chi connectivity index (χ4n) is 4.12. The molecule has 5 N–H and O–H groups in total. The van der Waals surface area contributed by atoms with Crippen molar-refractivity contribution in [2.24, 2.45) is 11.8 Å². The summed E-state index contributed by atoms with van der Waals surface area (Å²) in [6.45, 7) is 0.407. The van der Waals surface area contributed by atoms with Crippen molar-refractivity contribution in [2.75, 3.05) is 18.8 Å². The van der Waals surface area contributed by atoms with Crippen LogP contribution in [-0.4, -0.2) is 77.5 Å². The van der Waals surface area contributed by atoms with Gasteiger partial charge in [0.2, 0.25) is 17.7 Å². The van der Waals surface area contributed by atoms with Crippen LogP contribution in [0, 0.1) is 11.8 Å². The van der Waals surface area contributed by atoms with Crippen molar-refractivity contribution in [1.29, 1.82) is 0 Å². The van der Waals surface area contributed by atoms with Crippen LogP contribution < -0.4 is 16.1 Å². The van der Waals surface area contributed by atoms with Crippen LogP contribution in [0.2, 0.25) is 0 Å². The normalized spacial score (nSPS) is 15.2. The third kappa shape index (κ3) is 7.46. The van der Waals surface area contributed by atoms with E-state index in [2.05, 4.69) is 10.6 Å². The second-order valence-electron chi connectivity index (χ2n) is 8.97. The van der Waals surface area contributed by atoms with Crippen molar-refractivity contribution in [1.82, 2.24) is 21.0 Å². The molecule has 1 heterocycles. The molecule has 3 rings (SSSR count). The predicted octanol–water partition coefficient (Wildman–Crippen LogP) is -0.228. The Kier molecular flexibility index (Phi) is 9.51. The van der Waals surface area contributed by atoms with E-state index >= 15 is 0 Å². The Balaban J connectivity index is 1.77. The van der Waals surface area contributed by atoms with Crippen molar-refractivity contribution in [2.45, 2.75) is 19.4 Å². The maximum atomic E-state index is 13.2. The zero-order valence-corrected chi connectivity index (χ0v) is 21.7. The summed E-state index contributed by atoms with van der Waals surface area (Å²) in [5, 5.41) is 14.2. The number of hydrogen-bond donors (Lipinski definition) is 5. The molecular weight excluding hydrogens is 532 g/mol. The molecule has 0 fully saturated rings. The van der Waals surface area contributed by atoms with Gasteiger partial charge in [-0.15, -0.1) is 0 Å². The van der Waals surface area contributed by atoms with E-state index in [1.807, 2.05) is 0 Å². The molecule has 2 unspecified atom stereocenters. The summed E-state index contributed by atoms with van der Waals surface area (Å²) in [4.78, 5) is 65.0. The standard InChI is InChI=1S/C25H28N4O9S/c1-15(19(22(31)28-35)14-29-24(33)17-9-5-6-10-18(17)25(29)34)21(30)27-20(13-16-7-3-2-4-8-16)23(32)26-11-12-39(36,37)38/h2-10,15,19-20,35H,11-14H2,1H3,(H,26,32)(H,27,30)(H,28,31)(H,36,37,38)/t15?,19?,20-/m0/s1. The van der Waals surface area contributed by atoms with Crippen LogP contribution in [0.4, 0.5) is 0 Å². The van der Waals surface area contributed by atoms with Gasteiger partial charge in [0, 0.05) is 25.4 Å². The molecule has 2 aromatic carbocycles. The first-order valence-corrected chi connectivity index (χ1v) is 13.5. The van der Waals surface area contributed by atoms with Crippen molar-refractivity contribution < 1.29 is 42.2 Å². The van der Waals surface area contributed by atoms with Crippen molar-refractivity contribution in [3.63, 3.8) is 0 Å². The van der Waals surface area contributed by atoms with Crippen LogP contribution in [0.5, 0.6) is 0 Å². The molecule has 13 nitrogen and oxygen atoms in total. The number of benzene rings is 2. The minimum absolute atomic E-state index is 0.00623. The van der Waals surface area contributed by atoms with Gasteiger partial charge in [0.15, 0.2) is 0 Å². The fourth-order valence-corrected chi connectivity index (χ4v) is 4.48. The van der Waals surface area contributed by atoms with E-state index in [1.54, 1.807) is 42.5 Å². The molecule has 0 bridgehead atoms. The lowest BCUT2D eigenvalue weighted by Crippen LogP contribution is -2.53. The Bertz CT molecular complexity index is 1330. The lowest BCUT2D eigenvalue weighted by Gasteiger charge is -2.27. The van der Waals surface area contributed by atoms with E-state index in [4.69, 9.17) is 4.55 Å². The van der Waals surface area contributed by atoms with Crippen molar-refractivity contribution >= 4 is 39.7 Å². The zero-order valence-electron chi connectivity index (χ0n) is 20.9. The van der Waals surface area contributed by atoms with Gasteiger partial charge in [-0.25, -0.2) is 5.48 Å². The van der Waals surface area contributed by atoms with Gasteiger partial charge in [-0.05, 0) is 17.7 Å². The minimum atomic E-state index is -4.33. The van der Waals surface area contributed by atoms with E-state index in [9.17, 15) is 37.6 Å². The fraction of sp³-hybridized carbons (Fsp3) is 0.320. The second kappa shape index (κ2) is 12.6. The van der Waals surface area contributed by atoms with E-state index in [-0.39, 0.29) is 17.5 Å². The molecule has 0 aromatic heterocycles. The number of nitrogens with zero attached hydrogens (tertiary/aromatic N) is 1. The van der Waals surface area contributed by atoms with Crippen LogP contribution >= 0.6 is 0 Å². The predicted molar refractivity (Wildman–Crippen MR) is 136 cm³/mol. The number of carbonyl (C=O) groups excluding carboxylic acids is 5. The number of amides is 5. The Labute approximate surface area is 224 Å². The monoisotopic (exact) mass is 560 g/mol. The number of nitrogens with one attached hydrogen (secondary N) is 3. The average molecular weight is 561 g/mol. The molecule has 208 valence electrons. The van der Waals surface area contributed by atoms with Crippen LogP contribution in [0.1, 0.15) is 33.2 Å². The molecule has 0 radical (unpaired) electrons. The third-order valence-corrected chi connectivity index (χ3v) is 7.02. The van der Waals surface area contributed by atoms with Gasteiger partial charge in [0.25, 0.3) is 21.9 Å². The minimum Gasteiger partial charge on any atom is -0.353 e. The largest absolute Gasteiger partial charge is 0.353 e. The Morgan fingerprint density at radius 3 is 2.00 bits per heavy atom. The number of carbonyl (C=O) groups is 5. The average Bonchev–Trinajstić information content (AvgIpc) is 3.15. The summed E-state index contributed by atoms with van der Waals surface area (Å²) < 4.78 is 30.9.